The van der Waals surface area contributed by atoms with Gasteiger partial charge < -0.3 is 10.2 Å². The molecule has 7 heteroatoms. The number of aliphatic imine (C=N–C) groups is 1. The summed E-state index contributed by atoms with van der Waals surface area (Å²) in [4.78, 5) is 8.87. The molecule has 0 spiro atoms. The third-order valence-electron chi connectivity index (χ3n) is 4.58. The third kappa shape index (κ3) is 5.82. The van der Waals surface area contributed by atoms with E-state index >= 15 is 0 Å². The van der Waals surface area contributed by atoms with Crippen molar-refractivity contribution in [3.05, 3.63) is 35.1 Å². The average Bonchev–Trinajstić information content (AvgIpc) is 3.04. The Balaban J connectivity index is 0.00000312. The Kier molecular flexibility index (Phi) is 9.14. The van der Waals surface area contributed by atoms with Crippen molar-refractivity contribution in [1.82, 2.24) is 15.1 Å². The number of guanidine groups is 1. The van der Waals surface area contributed by atoms with Crippen LogP contribution < -0.4 is 5.32 Å². The minimum absolute atomic E-state index is 0. The maximum atomic E-state index is 13.9. The summed E-state index contributed by atoms with van der Waals surface area (Å²) >= 11 is 0. The quantitative estimate of drug-likeness (QED) is 0.418. The molecule has 25 heavy (non-hydrogen) atoms. The normalized spacial score (nSPS) is 17.7. The van der Waals surface area contributed by atoms with E-state index < -0.39 is 0 Å². The Labute approximate surface area is 166 Å². The van der Waals surface area contributed by atoms with Gasteiger partial charge in [0.2, 0.25) is 0 Å². The van der Waals surface area contributed by atoms with Crippen molar-refractivity contribution < 1.29 is 4.39 Å². The molecule has 0 amide bonds. The van der Waals surface area contributed by atoms with Crippen LogP contribution in [0.25, 0.3) is 0 Å². The minimum Gasteiger partial charge on any atom is -0.352 e. The van der Waals surface area contributed by atoms with Gasteiger partial charge in [-0.25, -0.2) is 4.39 Å². The molecule has 1 aliphatic heterocycles. The van der Waals surface area contributed by atoms with E-state index in [1.807, 2.05) is 13.1 Å². The topological polar surface area (TPSA) is 54.7 Å². The monoisotopic (exact) mass is 459 g/mol. The summed E-state index contributed by atoms with van der Waals surface area (Å²) in [6.07, 6.45) is 2.44. The molecule has 0 bridgehead atoms. The summed E-state index contributed by atoms with van der Waals surface area (Å²) in [5, 5.41) is 12.1. The number of benzene rings is 1. The molecule has 1 unspecified atom stereocenters. The van der Waals surface area contributed by atoms with Gasteiger partial charge in [-0.2, -0.15) is 5.26 Å². The van der Waals surface area contributed by atoms with Gasteiger partial charge in [0.25, 0.3) is 0 Å². The Morgan fingerprint density at radius 2 is 2.28 bits per heavy atom. The summed E-state index contributed by atoms with van der Waals surface area (Å²) in [5.74, 6) is 0.423. The number of nitrogens with zero attached hydrogens (tertiary/aromatic N) is 4. The summed E-state index contributed by atoms with van der Waals surface area (Å²) in [6.45, 7) is 5.62. The molecule has 0 aromatic heterocycles. The first-order valence-corrected chi connectivity index (χ1v) is 8.43. The Bertz CT molecular complexity index is 628. The van der Waals surface area contributed by atoms with Crippen LogP contribution in [0.4, 0.5) is 4.39 Å². The van der Waals surface area contributed by atoms with Crippen LogP contribution in [0.3, 0.4) is 0 Å². The molecule has 1 saturated heterocycles. The fraction of sp³-hybridized carbons (Fsp3) is 0.556. The molecule has 0 radical (unpaired) electrons. The molecular weight excluding hydrogens is 432 g/mol. The van der Waals surface area contributed by atoms with E-state index in [0.29, 0.717) is 23.7 Å². The van der Waals surface area contributed by atoms with Crippen molar-refractivity contribution in [1.29, 1.82) is 5.26 Å². The van der Waals surface area contributed by atoms with Crippen LogP contribution in [0.2, 0.25) is 0 Å². The first kappa shape index (κ1) is 21.6. The van der Waals surface area contributed by atoms with Gasteiger partial charge in [0.1, 0.15) is 5.82 Å². The highest BCUT2D eigenvalue weighted by atomic mass is 127. The Hall–Kier alpha value is -1.40. The molecule has 1 aromatic carbocycles. The second-order valence-corrected chi connectivity index (χ2v) is 6.12. The highest BCUT2D eigenvalue weighted by Gasteiger charge is 2.24. The van der Waals surface area contributed by atoms with Gasteiger partial charge in [-0.3, -0.25) is 9.89 Å². The van der Waals surface area contributed by atoms with Crippen molar-refractivity contribution in [2.24, 2.45) is 4.99 Å². The predicted molar refractivity (Wildman–Crippen MR) is 110 cm³/mol. The Morgan fingerprint density at radius 1 is 1.52 bits per heavy atom. The van der Waals surface area contributed by atoms with Crippen LogP contribution in [-0.2, 0) is 6.54 Å². The summed E-state index contributed by atoms with van der Waals surface area (Å²) in [7, 11) is 3.73. The zero-order chi connectivity index (χ0) is 17.5. The van der Waals surface area contributed by atoms with Gasteiger partial charge in [-0.1, -0.05) is 6.92 Å². The maximum Gasteiger partial charge on any atom is 0.193 e. The van der Waals surface area contributed by atoms with Crippen LogP contribution in [0.5, 0.6) is 0 Å². The van der Waals surface area contributed by atoms with Crippen LogP contribution in [0, 0.1) is 17.1 Å². The molecule has 0 saturated carbocycles. The zero-order valence-electron chi connectivity index (χ0n) is 15.1. The summed E-state index contributed by atoms with van der Waals surface area (Å²) in [6, 6.07) is 6.97. The SMILES string of the molecule is CCN1CCCC1CN(C)C(=NC)NCc1cc(C#N)ccc1F.I. The minimum atomic E-state index is -0.312. The number of hydrogen-bond acceptors (Lipinski definition) is 3. The van der Waals surface area contributed by atoms with Crippen molar-refractivity contribution in [3.63, 3.8) is 0 Å². The van der Waals surface area contributed by atoms with E-state index in [2.05, 4.69) is 27.0 Å². The van der Waals surface area contributed by atoms with Crippen LogP contribution >= 0.6 is 24.0 Å². The smallest absolute Gasteiger partial charge is 0.193 e. The fourth-order valence-corrected chi connectivity index (χ4v) is 3.26. The third-order valence-corrected chi connectivity index (χ3v) is 4.58. The first-order chi connectivity index (χ1) is 11.6. The van der Waals surface area contributed by atoms with Crippen LogP contribution in [-0.4, -0.2) is 55.5 Å². The predicted octanol–water partition coefficient (Wildman–Crippen LogP) is 2.81. The molecule has 1 aliphatic rings. The highest BCUT2D eigenvalue weighted by molar-refractivity contribution is 14.0. The molecule has 1 N–H and O–H groups in total. The number of rotatable bonds is 5. The van der Waals surface area contributed by atoms with E-state index in [1.54, 1.807) is 13.1 Å². The largest absolute Gasteiger partial charge is 0.352 e. The Morgan fingerprint density at radius 3 is 2.92 bits per heavy atom. The maximum absolute atomic E-state index is 13.9. The first-order valence-electron chi connectivity index (χ1n) is 8.43. The van der Waals surface area contributed by atoms with Gasteiger partial charge >= 0.3 is 0 Å². The molecule has 138 valence electrons. The number of hydrogen-bond donors (Lipinski definition) is 1. The van der Waals surface area contributed by atoms with E-state index in [-0.39, 0.29) is 29.8 Å². The number of nitrogens with one attached hydrogen (secondary N) is 1. The average molecular weight is 459 g/mol. The highest BCUT2D eigenvalue weighted by Crippen LogP contribution is 2.17. The standard InChI is InChI=1S/C18H26FN5.HI/c1-4-24-9-5-6-16(24)13-23(3)18(21-2)22-12-15-10-14(11-20)7-8-17(15)19;/h7-8,10,16H,4-6,9,12-13H2,1-3H3,(H,21,22);1H. The lowest BCUT2D eigenvalue weighted by Gasteiger charge is -2.29. The van der Waals surface area contributed by atoms with Gasteiger partial charge in [0.05, 0.1) is 11.6 Å². The molecule has 2 rings (SSSR count). The molecule has 0 aliphatic carbocycles. The zero-order valence-corrected chi connectivity index (χ0v) is 17.5. The molecule has 1 heterocycles. The summed E-state index contributed by atoms with van der Waals surface area (Å²) in [5.41, 5.74) is 0.931. The van der Waals surface area contributed by atoms with E-state index in [4.69, 9.17) is 5.26 Å². The second-order valence-electron chi connectivity index (χ2n) is 6.12. The molecule has 1 fully saturated rings. The summed E-state index contributed by atoms with van der Waals surface area (Å²) < 4.78 is 13.9. The lowest BCUT2D eigenvalue weighted by Crippen LogP contribution is -2.45. The van der Waals surface area contributed by atoms with Crippen molar-refractivity contribution >= 4 is 29.9 Å². The van der Waals surface area contributed by atoms with Gasteiger partial charge in [-0.05, 0) is 44.1 Å². The molecule has 5 nitrogen and oxygen atoms in total. The number of likely N-dealkylation sites (N-methyl/N-ethyl adjacent to an activating group) is 2. The van der Waals surface area contributed by atoms with E-state index in [9.17, 15) is 4.39 Å². The van der Waals surface area contributed by atoms with Crippen LogP contribution in [0.1, 0.15) is 30.9 Å². The second kappa shape index (κ2) is 10.6. The fourth-order valence-electron chi connectivity index (χ4n) is 3.26. The lowest BCUT2D eigenvalue weighted by atomic mass is 10.1. The molecule has 1 aromatic rings. The van der Waals surface area contributed by atoms with Crippen molar-refractivity contribution in [3.8, 4) is 6.07 Å². The number of halogens is 2. The van der Waals surface area contributed by atoms with Gasteiger partial charge in [0.15, 0.2) is 5.96 Å². The number of likely N-dealkylation sites (tertiary alicyclic amines) is 1. The van der Waals surface area contributed by atoms with E-state index in [1.165, 1.54) is 25.0 Å². The van der Waals surface area contributed by atoms with Crippen molar-refractivity contribution in [2.75, 3.05) is 33.7 Å². The van der Waals surface area contributed by atoms with E-state index in [0.717, 1.165) is 25.6 Å². The van der Waals surface area contributed by atoms with Crippen LogP contribution in [0.15, 0.2) is 23.2 Å². The van der Waals surface area contributed by atoms with Gasteiger partial charge in [0, 0.05) is 38.8 Å². The molecular formula is C18H27FIN5. The molecule has 1 atom stereocenters. The van der Waals surface area contributed by atoms with Gasteiger partial charge in [-0.15, -0.1) is 24.0 Å². The van der Waals surface area contributed by atoms with Crippen molar-refractivity contribution in [2.45, 2.75) is 32.4 Å². The number of nitriles is 1. The lowest BCUT2D eigenvalue weighted by molar-refractivity contribution is 0.232.